The van der Waals surface area contributed by atoms with Crippen LogP contribution in [0.2, 0.25) is 0 Å². The molecule has 1 aromatic rings. The van der Waals surface area contributed by atoms with Crippen molar-refractivity contribution in [2.45, 2.75) is 25.4 Å². The molecule has 0 saturated carbocycles. The lowest BCUT2D eigenvalue weighted by Crippen LogP contribution is -2.23. The quantitative estimate of drug-likeness (QED) is 0.881. The maximum absolute atomic E-state index is 11.7. The van der Waals surface area contributed by atoms with Gasteiger partial charge in [0, 0.05) is 25.3 Å². The normalized spacial score (nSPS) is 24.4. The molecule has 2 unspecified atom stereocenters. The first-order valence-electron chi connectivity index (χ1n) is 6.82. The third-order valence-corrected chi connectivity index (χ3v) is 4.16. The molecule has 1 fully saturated rings. The molecule has 0 aliphatic carbocycles. The van der Waals surface area contributed by atoms with Gasteiger partial charge in [0.15, 0.2) is 0 Å². The highest BCUT2D eigenvalue weighted by Gasteiger charge is 2.28. The van der Waals surface area contributed by atoms with Crippen LogP contribution in [0.15, 0.2) is 18.2 Å². The average Bonchev–Trinajstić information content (AvgIpc) is 2.74. The number of benzene rings is 1. The summed E-state index contributed by atoms with van der Waals surface area (Å²) in [4.78, 5) is 13.3. The van der Waals surface area contributed by atoms with Crippen molar-refractivity contribution in [1.29, 1.82) is 0 Å². The minimum atomic E-state index is -0.494. The highest BCUT2D eigenvalue weighted by atomic mass is 16.5. The van der Waals surface area contributed by atoms with Crippen LogP contribution in [-0.2, 0) is 16.0 Å². The Kier molecular flexibility index (Phi) is 3.29. The van der Waals surface area contributed by atoms with Crippen LogP contribution in [0.3, 0.4) is 0 Å². The van der Waals surface area contributed by atoms with E-state index in [1.165, 1.54) is 0 Å². The molecule has 2 heterocycles. The standard InChI is InChI=1S/C15H19NO3/c1-16-13-5-4-10(7-12(13)8-14(16)17)15(18)11-3-2-6-19-9-11/h4-5,7,11,15,18H,2-3,6,8-9H2,1H3. The van der Waals surface area contributed by atoms with Crippen molar-refractivity contribution in [3.05, 3.63) is 29.3 Å². The zero-order chi connectivity index (χ0) is 13.4. The Bertz CT molecular complexity index is 494. The van der Waals surface area contributed by atoms with Crippen LogP contribution in [0.25, 0.3) is 0 Å². The van der Waals surface area contributed by atoms with E-state index >= 15 is 0 Å². The van der Waals surface area contributed by atoms with E-state index in [1.54, 1.807) is 11.9 Å². The summed E-state index contributed by atoms with van der Waals surface area (Å²) in [5, 5.41) is 10.4. The van der Waals surface area contributed by atoms with Crippen LogP contribution in [-0.4, -0.2) is 31.3 Å². The van der Waals surface area contributed by atoms with E-state index in [-0.39, 0.29) is 11.8 Å². The molecule has 0 bridgehead atoms. The number of aliphatic hydroxyl groups excluding tert-OH is 1. The first-order chi connectivity index (χ1) is 9.16. The van der Waals surface area contributed by atoms with Crippen LogP contribution in [0.4, 0.5) is 5.69 Å². The smallest absolute Gasteiger partial charge is 0.231 e. The molecule has 2 aliphatic heterocycles. The van der Waals surface area contributed by atoms with Gasteiger partial charge in [0.2, 0.25) is 5.91 Å². The average molecular weight is 261 g/mol. The molecule has 1 aromatic carbocycles. The highest BCUT2D eigenvalue weighted by molar-refractivity contribution is 6.00. The number of rotatable bonds is 2. The predicted molar refractivity (Wildman–Crippen MR) is 72.1 cm³/mol. The molecule has 0 aromatic heterocycles. The van der Waals surface area contributed by atoms with E-state index in [2.05, 4.69) is 0 Å². The number of anilines is 1. The van der Waals surface area contributed by atoms with Crippen molar-refractivity contribution in [2.24, 2.45) is 5.92 Å². The van der Waals surface area contributed by atoms with Gasteiger partial charge >= 0.3 is 0 Å². The highest BCUT2D eigenvalue weighted by Crippen LogP contribution is 2.34. The molecule has 2 atom stereocenters. The summed E-state index contributed by atoms with van der Waals surface area (Å²) in [7, 11) is 1.79. The fraction of sp³-hybridized carbons (Fsp3) is 0.533. The lowest BCUT2D eigenvalue weighted by molar-refractivity contribution is -0.117. The number of likely N-dealkylation sites (N-methyl/N-ethyl adjacent to an activating group) is 1. The second-order valence-electron chi connectivity index (χ2n) is 5.44. The molecule has 3 rings (SSSR count). The summed E-state index contributed by atoms with van der Waals surface area (Å²) < 4.78 is 5.43. The molecule has 4 nitrogen and oxygen atoms in total. The number of carbonyl (C=O) groups is 1. The van der Waals surface area contributed by atoms with Crippen LogP contribution in [0.1, 0.15) is 30.1 Å². The molecule has 102 valence electrons. The van der Waals surface area contributed by atoms with E-state index in [1.807, 2.05) is 18.2 Å². The second-order valence-corrected chi connectivity index (χ2v) is 5.44. The maximum atomic E-state index is 11.7. The van der Waals surface area contributed by atoms with Gasteiger partial charge in [-0.05, 0) is 30.0 Å². The zero-order valence-electron chi connectivity index (χ0n) is 11.1. The van der Waals surface area contributed by atoms with E-state index in [9.17, 15) is 9.90 Å². The number of aliphatic hydroxyl groups is 1. The lowest BCUT2D eigenvalue weighted by atomic mass is 9.90. The van der Waals surface area contributed by atoms with E-state index in [4.69, 9.17) is 4.74 Å². The van der Waals surface area contributed by atoms with Gasteiger partial charge in [0.05, 0.1) is 19.1 Å². The van der Waals surface area contributed by atoms with Crippen molar-refractivity contribution in [2.75, 3.05) is 25.2 Å². The molecule has 0 spiro atoms. The Morgan fingerprint density at radius 3 is 3.05 bits per heavy atom. The summed E-state index contributed by atoms with van der Waals surface area (Å²) in [5.74, 6) is 0.282. The predicted octanol–water partition coefficient (Wildman–Crippen LogP) is 1.67. The third kappa shape index (κ3) is 2.26. The van der Waals surface area contributed by atoms with Gasteiger partial charge in [0.1, 0.15) is 0 Å². The molecule has 1 saturated heterocycles. The molecule has 0 radical (unpaired) electrons. The number of ether oxygens (including phenoxy) is 1. The van der Waals surface area contributed by atoms with Gasteiger partial charge in [-0.1, -0.05) is 12.1 Å². The van der Waals surface area contributed by atoms with Gasteiger partial charge in [-0.2, -0.15) is 0 Å². The monoisotopic (exact) mass is 261 g/mol. The molecular formula is C15H19NO3. The van der Waals surface area contributed by atoms with Crippen LogP contribution in [0, 0.1) is 5.92 Å². The number of nitrogens with zero attached hydrogens (tertiary/aromatic N) is 1. The Hall–Kier alpha value is -1.39. The summed E-state index contributed by atoms with van der Waals surface area (Å²) >= 11 is 0. The van der Waals surface area contributed by atoms with Gasteiger partial charge in [0.25, 0.3) is 0 Å². The number of carbonyl (C=O) groups excluding carboxylic acids is 1. The molecule has 1 amide bonds. The fourth-order valence-electron chi connectivity index (χ4n) is 2.96. The number of amides is 1. The van der Waals surface area contributed by atoms with Crippen LogP contribution < -0.4 is 4.90 Å². The number of fused-ring (bicyclic) bond motifs is 1. The molecule has 2 aliphatic rings. The number of hydrogen-bond acceptors (Lipinski definition) is 3. The van der Waals surface area contributed by atoms with Gasteiger partial charge in [-0.25, -0.2) is 0 Å². The maximum Gasteiger partial charge on any atom is 0.231 e. The zero-order valence-corrected chi connectivity index (χ0v) is 11.1. The Morgan fingerprint density at radius 2 is 2.32 bits per heavy atom. The molecular weight excluding hydrogens is 242 g/mol. The van der Waals surface area contributed by atoms with Crippen molar-refractivity contribution < 1.29 is 14.6 Å². The second kappa shape index (κ2) is 4.94. The minimum absolute atomic E-state index is 0.114. The van der Waals surface area contributed by atoms with Crippen LogP contribution in [0.5, 0.6) is 0 Å². The molecule has 1 N–H and O–H groups in total. The Labute approximate surface area is 113 Å². The molecule has 4 heteroatoms. The number of hydrogen-bond donors (Lipinski definition) is 1. The minimum Gasteiger partial charge on any atom is -0.388 e. The summed E-state index contributed by atoms with van der Waals surface area (Å²) in [6.45, 7) is 1.42. The summed E-state index contributed by atoms with van der Waals surface area (Å²) in [6, 6.07) is 5.83. The van der Waals surface area contributed by atoms with Gasteiger partial charge in [-0.15, -0.1) is 0 Å². The molecule has 19 heavy (non-hydrogen) atoms. The van der Waals surface area contributed by atoms with Gasteiger partial charge in [-0.3, -0.25) is 4.79 Å². The van der Waals surface area contributed by atoms with Crippen molar-refractivity contribution in [3.8, 4) is 0 Å². The first kappa shape index (κ1) is 12.6. The summed E-state index contributed by atoms with van der Waals surface area (Å²) in [5.41, 5.74) is 2.87. The lowest BCUT2D eigenvalue weighted by Gasteiger charge is -2.27. The third-order valence-electron chi connectivity index (χ3n) is 4.16. The SMILES string of the molecule is CN1C(=O)Cc2cc(C(O)C3CCCOC3)ccc21. The Morgan fingerprint density at radius 1 is 1.47 bits per heavy atom. The van der Waals surface area contributed by atoms with E-state index in [0.29, 0.717) is 13.0 Å². The summed E-state index contributed by atoms with van der Waals surface area (Å²) in [6.07, 6.45) is 1.95. The first-order valence-corrected chi connectivity index (χ1v) is 6.82. The van der Waals surface area contributed by atoms with E-state index in [0.717, 1.165) is 36.3 Å². The van der Waals surface area contributed by atoms with Crippen molar-refractivity contribution >= 4 is 11.6 Å². The van der Waals surface area contributed by atoms with Crippen molar-refractivity contribution in [1.82, 2.24) is 0 Å². The Balaban J connectivity index is 1.82. The topological polar surface area (TPSA) is 49.8 Å². The fourth-order valence-corrected chi connectivity index (χ4v) is 2.96. The largest absolute Gasteiger partial charge is 0.388 e. The van der Waals surface area contributed by atoms with E-state index < -0.39 is 6.10 Å². The van der Waals surface area contributed by atoms with Crippen molar-refractivity contribution in [3.63, 3.8) is 0 Å². The van der Waals surface area contributed by atoms with Crippen LogP contribution >= 0.6 is 0 Å². The van der Waals surface area contributed by atoms with Gasteiger partial charge < -0.3 is 14.7 Å².